The summed E-state index contributed by atoms with van der Waals surface area (Å²) in [6.45, 7) is 2.19. The average Bonchev–Trinajstić information content (AvgIpc) is 2.77. The number of fused-ring (bicyclic) bond motifs is 1. The van der Waals surface area contributed by atoms with Crippen LogP contribution in [0.1, 0.15) is 23.6 Å². The highest BCUT2D eigenvalue weighted by Crippen LogP contribution is 2.21. The topological polar surface area (TPSA) is 17.8 Å². The molecule has 3 rings (SSSR count). The first kappa shape index (κ1) is 12.0. The van der Waals surface area contributed by atoms with E-state index in [1.165, 1.54) is 22.1 Å². The van der Waals surface area contributed by atoms with Crippen molar-refractivity contribution in [2.75, 3.05) is 0 Å². The van der Waals surface area contributed by atoms with Gasteiger partial charge in [-0.05, 0) is 41.7 Å². The Kier molecular flexibility index (Phi) is 3.08. The Bertz CT molecular complexity index is 693. The zero-order chi connectivity index (χ0) is 13.2. The third kappa shape index (κ3) is 2.26. The van der Waals surface area contributed by atoms with Gasteiger partial charge in [-0.3, -0.25) is 0 Å². The molecule has 2 nitrogen and oxygen atoms in total. The minimum atomic E-state index is 0.965. The Morgan fingerprint density at radius 1 is 1.05 bits per heavy atom. The third-order valence-electron chi connectivity index (χ3n) is 3.64. The molecule has 0 spiro atoms. The Balaban J connectivity index is 1.96. The van der Waals surface area contributed by atoms with E-state index in [2.05, 4.69) is 60.1 Å². The third-order valence-corrected chi connectivity index (χ3v) is 3.64. The molecule has 2 heteroatoms. The van der Waals surface area contributed by atoms with Gasteiger partial charge >= 0.3 is 0 Å². The van der Waals surface area contributed by atoms with Crippen LogP contribution in [0.3, 0.4) is 0 Å². The number of hydrogen-bond donors (Lipinski definition) is 0. The van der Waals surface area contributed by atoms with Crippen molar-refractivity contribution < 1.29 is 0 Å². The lowest BCUT2D eigenvalue weighted by Gasteiger charge is -2.02. The molecule has 0 N–H and O–H groups in total. The number of rotatable bonds is 3. The van der Waals surface area contributed by atoms with Crippen molar-refractivity contribution >= 4 is 11.0 Å². The van der Waals surface area contributed by atoms with E-state index >= 15 is 0 Å². The predicted molar refractivity (Wildman–Crippen MR) is 79.3 cm³/mol. The van der Waals surface area contributed by atoms with Gasteiger partial charge in [0.15, 0.2) is 0 Å². The molecule has 2 heterocycles. The summed E-state index contributed by atoms with van der Waals surface area (Å²) in [5.41, 5.74) is 5.15. The largest absolute Gasteiger partial charge is 0.335 e. The van der Waals surface area contributed by atoms with Crippen LogP contribution in [0.4, 0.5) is 0 Å². The van der Waals surface area contributed by atoms with Crippen molar-refractivity contribution in [1.82, 2.24) is 9.55 Å². The number of benzene rings is 1. The fourth-order valence-electron chi connectivity index (χ4n) is 2.55. The molecular weight excluding hydrogens is 232 g/mol. The minimum absolute atomic E-state index is 0.965. The summed E-state index contributed by atoms with van der Waals surface area (Å²) < 4.78 is 2.10. The molecule has 0 radical (unpaired) electrons. The summed E-state index contributed by atoms with van der Waals surface area (Å²) in [7, 11) is 2.05. The number of aryl methyl sites for hydroxylation is 2. The lowest BCUT2D eigenvalue weighted by molar-refractivity contribution is 0.939. The molecular formula is C17H18N2. The summed E-state index contributed by atoms with van der Waals surface area (Å²) >= 11 is 0. The molecule has 2 aromatic heterocycles. The second kappa shape index (κ2) is 4.88. The molecule has 3 aromatic rings. The van der Waals surface area contributed by atoms with Crippen LogP contribution in [0.15, 0.2) is 48.8 Å². The van der Waals surface area contributed by atoms with Crippen LogP contribution >= 0.6 is 0 Å². The van der Waals surface area contributed by atoms with Gasteiger partial charge in [-0.25, -0.2) is 4.98 Å². The fourth-order valence-corrected chi connectivity index (χ4v) is 2.55. The molecule has 0 saturated carbocycles. The Morgan fingerprint density at radius 3 is 2.53 bits per heavy atom. The molecule has 0 amide bonds. The van der Waals surface area contributed by atoms with E-state index in [1.54, 1.807) is 0 Å². The van der Waals surface area contributed by atoms with Crippen LogP contribution in [0.2, 0.25) is 0 Å². The molecule has 0 atom stereocenters. The Morgan fingerprint density at radius 2 is 1.79 bits per heavy atom. The summed E-state index contributed by atoms with van der Waals surface area (Å²) in [5, 5.41) is 1.25. The lowest BCUT2D eigenvalue weighted by atomic mass is 10.0. The fraction of sp³-hybridized carbons (Fsp3) is 0.235. The van der Waals surface area contributed by atoms with Crippen molar-refractivity contribution in [3.63, 3.8) is 0 Å². The van der Waals surface area contributed by atoms with E-state index in [0.717, 1.165) is 18.5 Å². The van der Waals surface area contributed by atoms with E-state index in [9.17, 15) is 0 Å². The van der Waals surface area contributed by atoms with Crippen LogP contribution < -0.4 is 0 Å². The Hall–Kier alpha value is -2.09. The van der Waals surface area contributed by atoms with Gasteiger partial charge in [0.1, 0.15) is 5.65 Å². The van der Waals surface area contributed by atoms with Gasteiger partial charge in [0.05, 0.1) is 0 Å². The quantitative estimate of drug-likeness (QED) is 0.692. The number of hydrogen-bond acceptors (Lipinski definition) is 1. The molecule has 0 aliphatic heterocycles. The van der Waals surface area contributed by atoms with Crippen molar-refractivity contribution in [3.05, 3.63) is 65.5 Å². The first-order chi connectivity index (χ1) is 9.28. The van der Waals surface area contributed by atoms with Crippen LogP contribution in [0.25, 0.3) is 11.0 Å². The molecule has 0 fully saturated rings. The molecule has 0 aliphatic rings. The highest BCUT2D eigenvalue weighted by molar-refractivity contribution is 5.80. The maximum atomic E-state index is 4.43. The van der Waals surface area contributed by atoms with Crippen LogP contribution in [-0.4, -0.2) is 9.55 Å². The normalized spacial score (nSPS) is 11.1. The van der Waals surface area contributed by atoms with Crippen LogP contribution in [0.5, 0.6) is 0 Å². The van der Waals surface area contributed by atoms with E-state index in [0.29, 0.717) is 0 Å². The SMILES string of the molecule is CCc1ccc(Cc2cn(C)c3ncccc23)cc1. The maximum Gasteiger partial charge on any atom is 0.139 e. The molecule has 19 heavy (non-hydrogen) atoms. The zero-order valence-corrected chi connectivity index (χ0v) is 11.4. The highest BCUT2D eigenvalue weighted by atomic mass is 15.0. The molecule has 0 bridgehead atoms. The van der Waals surface area contributed by atoms with Gasteiger partial charge in [-0.15, -0.1) is 0 Å². The summed E-state index contributed by atoms with van der Waals surface area (Å²) in [5.74, 6) is 0. The van der Waals surface area contributed by atoms with E-state index in [-0.39, 0.29) is 0 Å². The molecule has 0 aliphatic carbocycles. The van der Waals surface area contributed by atoms with E-state index in [1.807, 2.05) is 12.3 Å². The molecule has 1 aromatic carbocycles. The summed E-state index contributed by atoms with van der Waals surface area (Å²) in [6, 6.07) is 13.1. The number of aromatic nitrogens is 2. The standard InChI is InChI=1S/C17H18N2/c1-3-13-6-8-14(9-7-13)11-15-12-19(2)17-16(15)5-4-10-18-17/h4-10,12H,3,11H2,1-2H3. The average molecular weight is 250 g/mol. The van der Waals surface area contributed by atoms with E-state index < -0.39 is 0 Å². The van der Waals surface area contributed by atoms with Gasteiger partial charge in [0, 0.05) is 24.8 Å². The monoisotopic (exact) mass is 250 g/mol. The highest BCUT2D eigenvalue weighted by Gasteiger charge is 2.07. The second-order valence-corrected chi connectivity index (χ2v) is 4.99. The zero-order valence-electron chi connectivity index (χ0n) is 11.4. The smallest absolute Gasteiger partial charge is 0.139 e. The first-order valence-electron chi connectivity index (χ1n) is 6.74. The minimum Gasteiger partial charge on any atom is -0.335 e. The number of pyridine rings is 1. The van der Waals surface area contributed by atoms with Crippen molar-refractivity contribution in [1.29, 1.82) is 0 Å². The predicted octanol–water partition coefficient (Wildman–Crippen LogP) is 3.73. The van der Waals surface area contributed by atoms with Crippen molar-refractivity contribution in [2.24, 2.45) is 7.05 Å². The first-order valence-corrected chi connectivity index (χ1v) is 6.74. The van der Waals surface area contributed by atoms with Gasteiger partial charge in [0.25, 0.3) is 0 Å². The summed E-state index contributed by atoms with van der Waals surface area (Å²) in [6.07, 6.45) is 6.10. The van der Waals surface area contributed by atoms with Gasteiger partial charge in [-0.2, -0.15) is 0 Å². The maximum absolute atomic E-state index is 4.43. The van der Waals surface area contributed by atoms with Crippen molar-refractivity contribution in [3.8, 4) is 0 Å². The lowest BCUT2D eigenvalue weighted by Crippen LogP contribution is -1.88. The molecule has 0 unspecified atom stereocenters. The Labute approximate surface area is 113 Å². The van der Waals surface area contributed by atoms with Crippen LogP contribution in [-0.2, 0) is 19.9 Å². The second-order valence-electron chi connectivity index (χ2n) is 4.99. The van der Waals surface area contributed by atoms with Gasteiger partial charge < -0.3 is 4.57 Å². The van der Waals surface area contributed by atoms with Gasteiger partial charge in [-0.1, -0.05) is 31.2 Å². The summed E-state index contributed by atoms with van der Waals surface area (Å²) in [4.78, 5) is 4.43. The molecule has 96 valence electrons. The van der Waals surface area contributed by atoms with Gasteiger partial charge in [0.2, 0.25) is 0 Å². The van der Waals surface area contributed by atoms with Crippen molar-refractivity contribution in [2.45, 2.75) is 19.8 Å². The van der Waals surface area contributed by atoms with Crippen LogP contribution in [0, 0.1) is 0 Å². The van der Waals surface area contributed by atoms with E-state index in [4.69, 9.17) is 0 Å². The molecule has 0 saturated heterocycles. The number of nitrogens with zero attached hydrogens (tertiary/aromatic N) is 2.